The lowest BCUT2D eigenvalue weighted by Crippen LogP contribution is -2.44. The Morgan fingerprint density at radius 1 is 0.955 bits per heavy atom. The van der Waals surface area contributed by atoms with Crippen LogP contribution in [-0.2, 0) is 15.8 Å². The van der Waals surface area contributed by atoms with Crippen LogP contribution < -0.4 is 4.90 Å². The van der Waals surface area contributed by atoms with Crippen molar-refractivity contribution in [3.05, 3.63) is 63.9 Å². The molecule has 3 amide bonds. The number of piperidine rings is 1. The summed E-state index contributed by atoms with van der Waals surface area (Å²) < 4.78 is 54.0. The van der Waals surface area contributed by atoms with Crippen LogP contribution in [-0.4, -0.2) is 84.8 Å². The highest BCUT2D eigenvalue weighted by Crippen LogP contribution is 2.36. The molecule has 0 aliphatic carbocycles. The quantitative estimate of drug-likeness (QED) is 0.377. The number of hydrogen-bond acceptors (Lipinski definition) is 4. The second-order valence-electron chi connectivity index (χ2n) is 12.2. The maximum Gasteiger partial charge on any atom is 0.417 e. The van der Waals surface area contributed by atoms with Crippen molar-refractivity contribution in [1.82, 2.24) is 14.7 Å². The molecule has 3 fully saturated rings. The van der Waals surface area contributed by atoms with E-state index in [0.717, 1.165) is 29.9 Å². The highest BCUT2D eigenvalue weighted by Gasteiger charge is 2.43. The van der Waals surface area contributed by atoms with Crippen molar-refractivity contribution in [3.63, 3.8) is 0 Å². The molecule has 3 heterocycles. The fourth-order valence-electron chi connectivity index (χ4n) is 6.78. The number of likely N-dealkylation sites (tertiary alicyclic amines) is 3. The van der Waals surface area contributed by atoms with Gasteiger partial charge in [0.1, 0.15) is 5.82 Å². The first-order valence-corrected chi connectivity index (χ1v) is 15.4. The lowest BCUT2D eigenvalue weighted by molar-refractivity contribution is -0.138. The second-order valence-corrected chi connectivity index (χ2v) is 12.6. The van der Waals surface area contributed by atoms with E-state index in [2.05, 4.69) is 4.90 Å². The number of alkyl halides is 3. The van der Waals surface area contributed by atoms with E-state index in [-0.39, 0.29) is 29.6 Å². The van der Waals surface area contributed by atoms with Gasteiger partial charge in [0, 0.05) is 69.4 Å². The predicted molar refractivity (Wildman–Crippen MR) is 159 cm³/mol. The summed E-state index contributed by atoms with van der Waals surface area (Å²) in [6.45, 7) is 7.89. The Hall–Kier alpha value is -3.18. The molecule has 0 spiro atoms. The third-order valence-corrected chi connectivity index (χ3v) is 9.65. The average molecular weight is 637 g/mol. The Kier molecular flexibility index (Phi) is 9.55. The Morgan fingerprint density at radius 3 is 2.20 bits per heavy atom. The van der Waals surface area contributed by atoms with Crippen LogP contribution in [0.3, 0.4) is 0 Å². The molecule has 0 radical (unpaired) electrons. The Bertz CT molecular complexity index is 1400. The number of aryl methyl sites for hydroxylation is 1. The van der Waals surface area contributed by atoms with E-state index in [4.69, 9.17) is 11.6 Å². The largest absolute Gasteiger partial charge is 0.417 e. The van der Waals surface area contributed by atoms with Gasteiger partial charge in [-0.05, 0) is 80.5 Å². The molecule has 0 saturated carbocycles. The molecule has 2 aromatic rings. The highest BCUT2D eigenvalue weighted by molar-refractivity contribution is 6.31. The zero-order valence-corrected chi connectivity index (χ0v) is 25.6. The Balaban J connectivity index is 1.18. The molecule has 7 nitrogen and oxygen atoms in total. The lowest BCUT2D eigenvalue weighted by Gasteiger charge is -2.34. The summed E-state index contributed by atoms with van der Waals surface area (Å²) in [7, 11) is 0. The number of benzene rings is 2. The molecule has 2 atom stereocenters. The molecule has 238 valence electrons. The molecule has 3 aliphatic heterocycles. The number of hydrogen-bond donors (Lipinski definition) is 0. The molecule has 2 unspecified atom stereocenters. The Morgan fingerprint density at radius 2 is 1.61 bits per heavy atom. The number of anilines is 1. The first-order valence-electron chi connectivity index (χ1n) is 15.0. The monoisotopic (exact) mass is 636 g/mol. The van der Waals surface area contributed by atoms with Crippen LogP contribution in [0.15, 0.2) is 36.4 Å². The van der Waals surface area contributed by atoms with Crippen LogP contribution in [0.25, 0.3) is 0 Å². The molecular weight excluding hydrogens is 600 g/mol. The molecule has 0 bridgehead atoms. The minimum atomic E-state index is -4.83. The van der Waals surface area contributed by atoms with Crippen LogP contribution in [0.4, 0.5) is 23.2 Å². The van der Waals surface area contributed by atoms with Gasteiger partial charge in [-0.2, -0.15) is 13.2 Å². The average Bonchev–Trinajstić information content (AvgIpc) is 3.55. The van der Waals surface area contributed by atoms with Crippen molar-refractivity contribution in [3.8, 4) is 0 Å². The van der Waals surface area contributed by atoms with Gasteiger partial charge in [-0.15, -0.1) is 0 Å². The van der Waals surface area contributed by atoms with Crippen LogP contribution in [0.1, 0.15) is 47.7 Å². The molecule has 3 saturated heterocycles. The van der Waals surface area contributed by atoms with Crippen LogP contribution >= 0.6 is 11.6 Å². The highest BCUT2D eigenvalue weighted by atomic mass is 35.5. The van der Waals surface area contributed by atoms with E-state index in [1.165, 1.54) is 4.90 Å². The zero-order valence-electron chi connectivity index (χ0n) is 24.9. The number of carbonyl (C=O) groups is 3. The van der Waals surface area contributed by atoms with Gasteiger partial charge in [-0.3, -0.25) is 14.4 Å². The van der Waals surface area contributed by atoms with Crippen molar-refractivity contribution in [1.29, 1.82) is 0 Å². The summed E-state index contributed by atoms with van der Waals surface area (Å²) in [5.74, 6) is -1.63. The summed E-state index contributed by atoms with van der Waals surface area (Å²) >= 11 is 6.41. The molecule has 0 aromatic heterocycles. The topological polar surface area (TPSA) is 64.2 Å². The molecule has 5 rings (SSSR count). The SMILES string of the molecule is CC(=O)N1CCC(C(=O)N(CCCN2CC3CN(C(=O)c4ccc(F)cc4C(F)(F)F)CC3C2)c2ccc(C)c(Cl)c2)CC1. The van der Waals surface area contributed by atoms with E-state index in [1.54, 1.807) is 16.7 Å². The number of carbonyl (C=O) groups excluding carboxylic acids is 3. The number of fused-ring (bicyclic) bond motifs is 1. The minimum Gasteiger partial charge on any atom is -0.343 e. The molecular formula is C32H37ClF4N4O3. The van der Waals surface area contributed by atoms with Crippen molar-refractivity contribution in [2.24, 2.45) is 17.8 Å². The van der Waals surface area contributed by atoms with Gasteiger partial charge < -0.3 is 19.6 Å². The van der Waals surface area contributed by atoms with Gasteiger partial charge in [0.2, 0.25) is 11.8 Å². The van der Waals surface area contributed by atoms with Crippen LogP contribution in [0.2, 0.25) is 5.02 Å². The van der Waals surface area contributed by atoms with E-state index in [9.17, 15) is 31.9 Å². The van der Waals surface area contributed by atoms with E-state index >= 15 is 0 Å². The number of halogens is 5. The summed E-state index contributed by atoms with van der Waals surface area (Å²) in [5.41, 5.74) is -0.114. The molecule has 2 aromatic carbocycles. The number of nitrogens with zero attached hydrogens (tertiary/aromatic N) is 4. The van der Waals surface area contributed by atoms with E-state index < -0.39 is 29.0 Å². The van der Waals surface area contributed by atoms with E-state index in [0.29, 0.717) is 76.2 Å². The van der Waals surface area contributed by atoms with Gasteiger partial charge in [-0.1, -0.05) is 17.7 Å². The molecule has 12 heteroatoms. The van der Waals surface area contributed by atoms with Gasteiger partial charge in [0.15, 0.2) is 0 Å². The molecule has 0 N–H and O–H groups in total. The Labute approximate surface area is 259 Å². The van der Waals surface area contributed by atoms with Gasteiger partial charge in [-0.25, -0.2) is 4.39 Å². The van der Waals surface area contributed by atoms with Crippen LogP contribution in [0.5, 0.6) is 0 Å². The third-order valence-electron chi connectivity index (χ3n) is 9.25. The van der Waals surface area contributed by atoms with Crippen molar-refractivity contribution in [2.45, 2.75) is 39.3 Å². The number of rotatable bonds is 7. The summed E-state index contributed by atoms with van der Waals surface area (Å²) in [6, 6.07) is 7.79. The maximum absolute atomic E-state index is 13.7. The summed E-state index contributed by atoms with van der Waals surface area (Å²) in [5, 5.41) is 0.584. The van der Waals surface area contributed by atoms with Gasteiger partial charge in [0.25, 0.3) is 5.91 Å². The van der Waals surface area contributed by atoms with Crippen molar-refractivity contribution >= 4 is 35.0 Å². The summed E-state index contributed by atoms with van der Waals surface area (Å²) in [4.78, 5) is 45.8. The molecule has 3 aliphatic rings. The van der Waals surface area contributed by atoms with Crippen molar-refractivity contribution in [2.75, 3.05) is 57.3 Å². The standard InChI is InChI=1S/C32H37ClF4N4O3/c1-20-4-6-26(15-29(20)33)41(30(43)22-8-12-39(13-9-22)21(2)42)11-3-10-38-16-23-18-40(19-24(23)17-38)31(44)27-7-5-25(34)14-28(27)32(35,36)37/h4-7,14-15,22-24H,3,8-13,16-19H2,1-2H3. The van der Waals surface area contributed by atoms with Gasteiger partial charge >= 0.3 is 6.18 Å². The lowest BCUT2D eigenvalue weighted by atomic mass is 9.94. The van der Waals surface area contributed by atoms with Crippen molar-refractivity contribution < 1.29 is 31.9 Å². The fraction of sp³-hybridized carbons (Fsp3) is 0.531. The van der Waals surface area contributed by atoms with Gasteiger partial charge in [0.05, 0.1) is 11.1 Å². The molecule has 44 heavy (non-hydrogen) atoms. The zero-order chi connectivity index (χ0) is 31.8. The first kappa shape index (κ1) is 32.2. The summed E-state index contributed by atoms with van der Waals surface area (Å²) in [6.07, 6.45) is -2.90. The minimum absolute atomic E-state index is 0.0162. The second kappa shape index (κ2) is 13.0. The fourth-order valence-corrected chi connectivity index (χ4v) is 6.95. The predicted octanol–water partition coefficient (Wildman–Crippen LogP) is 5.49. The first-order chi connectivity index (χ1) is 20.8. The normalized spacial score (nSPS) is 21.1. The van der Waals surface area contributed by atoms with E-state index in [1.807, 2.05) is 25.1 Å². The number of amides is 3. The van der Waals surface area contributed by atoms with Crippen LogP contribution in [0, 0.1) is 30.5 Å². The third kappa shape index (κ3) is 7.04. The maximum atomic E-state index is 13.7. The smallest absolute Gasteiger partial charge is 0.343 e.